The molecule has 0 aliphatic heterocycles. The van der Waals surface area contributed by atoms with Crippen LogP contribution in [0.5, 0.6) is 0 Å². The van der Waals surface area contributed by atoms with Gasteiger partial charge >= 0.3 is 0 Å². The predicted molar refractivity (Wildman–Crippen MR) is 65.0 cm³/mol. The van der Waals surface area contributed by atoms with E-state index in [0.717, 1.165) is 22.0 Å². The van der Waals surface area contributed by atoms with Crippen molar-refractivity contribution in [2.75, 3.05) is 12.5 Å². The highest BCUT2D eigenvalue weighted by Gasteiger charge is 2.05. The molecule has 1 aromatic heterocycles. The molecule has 4 heteroatoms. The molecule has 2 aromatic rings. The SMILES string of the molecule is COCc1cccc2cc(C)c(NN)nc12. The van der Waals surface area contributed by atoms with Crippen molar-refractivity contribution in [3.63, 3.8) is 0 Å². The van der Waals surface area contributed by atoms with E-state index >= 15 is 0 Å². The molecule has 2 rings (SSSR count). The number of benzene rings is 1. The molecule has 16 heavy (non-hydrogen) atoms. The first kappa shape index (κ1) is 10.9. The highest BCUT2D eigenvalue weighted by atomic mass is 16.5. The van der Waals surface area contributed by atoms with Gasteiger partial charge in [0, 0.05) is 18.1 Å². The molecular weight excluding hydrogens is 202 g/mol. The van der Waals surface area contributed by atoms with Crippen LogP contribution in [0.4, 0.5) is 5.82 Å². The fourth-order valence-electron chi connectivity index (χ4n) is 1.78. The van der Waals surface area contributed by atoms with E-state index in [-0.39, 0.29) is 0 Å². The average molecular weight is 217 g/mol. The number of methoxy groups -OCH3 is 1. The number of ether oxygens (including phenoxy) is 1. The van der Waals surface area contributed by atoms with Crippen LogP contribution < -0.4 is 11.3 Å². The molecular formula is C12H15N3O. The van der Waals surface area contributed by atoms with Crippen LogP contribution in [0.2, 0.25) is 0 Å². The quantitative estimate of drug-likeness (QED) is 0.609. The van der Waals surface area contributed by atoms with Gasteiger partial charge in [-0.3, -0.25) is 0 Å². The summed E-state index contributed by atoms with van der Waals surface area (Å²) in [6, 6.07) is 8.12. The van der Waals surface area contributed by atoms with Crippen molar-refractivity contribution in [1.29, 1.82) is 0 Å². The van der Waals surface area contributed by atoms with Crippen molar-refractivity contribution in [1.82, 2.24) is 4.98 Å². The standard InChI is InChI=1S/C12H15N3O/c1-8-6-9-4-3-5-10(7-16-2)11(9)14-12(8)15-13/h3-6H,7,13H2,1-2H3,(H,14,15). The second-order valence-corrected chi connectivity index (χ2v) is 3.72. The number of rotatable bonds is 3. The van der Waals surface area contributed by atoms with Crippen LogP contribution in [0.1, 0.15) is 11.1 Å². The summed E-state index contributed by atoms with van der Waals surface area (Å²) in [4.78, 5) is 4.50. The topological polar surface area (TPSA) is 60.2 Å². The normalized spacial score (nSPS) is 10.7. The summed E-state index contributed by atoms with van der Waals surface area (Å²) in [5.74, 6) is 6.13. The van der Waals surface area contributed by atoms with Gasteiger partial charge in [-0.15, -0.1) is 0 Å². The lowest BCUT2D eigenvalue weighted by molar-refractivity contribution is 0.186. The van der Waals surface area contributed by atoms with Gasteiger partial charge in [0.05, 0.1) is 12.1 Å². The molecule has 0 aliphatic rings. The Morgan fingerprint density at radius 3 is 2.94 bits per heavy atom. The summed E-state index contributed by atoms with van der Waals surface area (Å²) in [5, 5.41) is 1.10. The van der Waals surface area contributed by atoms with Crippen molar-refractivity contribution in [2.24, 2.45) is 5.84 Å². The first-order chi connectivity index (χ1) is 7.76. The molecule has 0 spiro atoms. The van der Waals surface area contributed by atoms with Gasteiger partial charge < -0.3 is 10.2 Å². The second-order valence-electron chi connectivity index (χ2n) is 3.72. The Kier molecular flexibility index (Phi) is 3.03. The first-order valence-electron chi connectivity index (χ1n) is 5.11. The zero-order valence-electron chi connectivity index (χ0n) is 9.45. The highest BCUT2D eigenvalue weighted by molar-refractivity contribution is 5.84. The molecule has 0 saturated carbocycles. The number of pyridine rings is 1. The molecule has 1 heterocycles. The van der Waals surface area contributed by atoms with Crippen LogP contribution in [0.15, 0.2) is 24.3 Å². The van der Waals surface area contributed by atoms with E-state index in [2.05, 4.69) is 16.5 Å². The van der Waals surface area contributed by atoms with E-state index in [0.29, 0.717) is 12.4 Å². The molecule has 1 aromatic carbocycles. The fourth-order valence-corrected chi connectivity index (χ4v) is 1.78. The summed E-state index contributed by atoms with van der Waals surface area (Å²) >= 11 is 0. The summed E-state index contributed by atoms with van der Waals surface area (Å²) in [7, 11) is 1.68. The molecule has 0 amide bonds. The Balaban J connectivity index is 2.66. The van der Waals surface area contributed by atoms with E-state index in [9.17, 15) is 0 Å². The smallest absolute Gasteiger partial charge is 0.143 e. The third-order valence-corrected chi connectivity index (χ3v) is 2.56. The number of hydrazine groups is 1. The number of fused-ring (bicyclic) bond motifs is 1. The number of nitrogen functional groups attached to an aromatic ring is 1. The minimum Gasteiger partial charge on any atom is -0.380 e. The van der Waals surface area contributed by atoms with Gasteiger partial charge in [-0.25, -0.2) is 10.8 Å². The lowest BCUT2D eigenvalue weighted by Crippen LogP contribution is -2.10. The van der Waals surface area contributed by atoms with Gasteiger partial charge in [0.15, 0.2) is 0 Å². The van der Waals surface area contributed by atoms with Gasteiger partial charge in [-0.2, -0.15) is 0 Å². The van der Waals surface area contributed by atoms with E-state index in [1.54, 1.807) is 7.11 Å². The van der Waals surface area contributed by atoms with Gasteiger partial charge in [-0.1, -0.05) is 18.2 Å². The Labute approximate surface area is 94.4 Å². The second kappa shape index (κ2) is 4.47. The average Bonchev–Trinajstić information content (AvgIpc) is 2.29. The van der Waals surface area contributed by atoms with Crippen LogP contribution in [0.25, 0.3) is 10.9 Å². The molecule has 0 unspecified atom stereocenters. The fraction of sp³-hybridized carbons (Fsp3) is 0.250. The van der Waals surface area contributed by atoms with Crippen molar-refractivity contribution in [2.45, 2.75) is 13.5 Å². The first-order valence-corrected chi connectivity index (χ1v) is 5.11. The van der Waals surface area contributed by atoms with Crippen LogP contribution in [-0.4, -0.2) is 12.1 Å². The number of hydrogen-bond donors (Lipinski definition) is 2. The number of nitrogens with zero attached hydrogens (tertiary/aromatic N) is 1. The Bertz CT molecular complexity index is 511. The minimum atomic E-state index is 0.553. The maximum atomic E-state index is 5.42. The van der Waals surface area contributed by atoms with Crippen LogP contribution >= 0.6 is 0 Å². The molecule has 84 valence electrons. The monoisotopic (exact) mass is 217 g/mol. The molecule has 0 atom stereocenters. The Hall–Kier alpha value is -1.65. The van der Waals surface area contributed by atoms with Crippen LogP contribution in [-0.2, 0) is 11.3 Å². The van der Waals surface area contributed by atoms with Gasteiger partial charge in [0.2, 0.25) is 0 Å². The zero-order chi connectivity index (χ0) is 11.5. The predicted octanol–water partition coefficient (Wildman–Crippen LogP) is 1.98. The molecule has 0 saturated heterocycles. The number of hydrogen-bond acceptors (Lipinski definition) is 4. The zero-order valence-corrected chi connectivity index (χ0v) is 9.45. The maximum Gasteiger partial charge on any atom is 0.143 e. The molecule has 0 radical (unpaired) electrons. The number of nitrogens with two attached hydrogens (primary N) is 1. The van der Waals surface area contributed by atoms with E-state index in [4.69, 9.17) is 10.6 Å². The third kappa shape index (κ3) is 1.85. The number of nitrogens with one attached hydrogen (secondary N) is 1. The minimum absolute atomic E-state index is 0.553. The lowest BCUT2D eigenvalue weighted by atomic mass is 10.1. The number of para-hydroxylation sites is 1. The van der Waals surface area contributed by atoms with E-state index < -0.39 is 0 Å². The number of aryl methyl sites for hydroxylation is 1. The third-order valence-electron chi connectivity index (χ3n) is 2.56. The van der Waals surface area contributed by atoms with Crippen molar-refractivity contribution in [3.8, 4) is 0 Å². The Morgan fingerprint density at radius 1 is 1.44 bits per heavy atom. The largest absolute Gasteiger partial charge is 0.380 e. The lowest BCUT2D eigenvalue weighted by Gasteiger charge is -2.09. The van der Waals surface area contributed by atoms with Gasteiger partial charge in [-0.05, 0) is 18.6 Å². The molecule has 4 nitrogen and oxygen atoms in total. The highest BCUT2D eigenvalue weighted by Crippen LogP contribution is 2.22. The van der Waals surface area contributed by atoms with Gasteiger partial charge in [0.1, 0.15) is 5.82 Å². The maximum absolute atomic E-state index is 5.42. The van der Waals surface area contributed by atoms with E-state index in [1.165, 1.54) is 0 Å². The van der Waals surface area contributed by atoms with Crippen molar-refractivity contribution < 1.29 is 4.74 Å². The van der Waals surface area contributed by atoms with Crippen molar-refractivity contribution >= 4 is 16.7 Å². The number of anilines is 1. The summed E-state index contributed by atoms with van der Waals surface area (Å²) in [6.07, 6.45) is 0. The van der Waals surface area contributed by atoms with Crippen molar-refractivity contribution in [3.05, 3.63) is 35.4 Å². The van der Waals surface area contributed by atoms with Crippen LogP contribution in [0.3, 0.4) is 0 Å². The van der Waals surface area contributed by atoms with Gasteiger partial charge in [0.25, 0.3) is 0 Å². The van der Waals surface area contributed by atoms with Crippen LogP contribution in [0, 0.1) is 6.92 Å². The molecule has 0 aliphatic carbocycles. The summed E-state index contributed by atoms with van der Waals surface area (Å²) < 4.78 is 5.15. The molecule has 0 bridgehead atoms. The molecule has 0 fully saturated rings. The molecule has 3 N–H and O–H groups in total. The summed E-state index contributed by atoms with van der Waals surface area (Å²) in [5.41, 5.74) is 5.64. The van der Waals surface area contributed by atoms with E-state index in [1.807, 2.05) is 25.1 Å². The Morgan fingerprint density at radius 2 is 2.25 bits per heavy atom. The number of aromatic nitrogens is 1. The summed E-state index contributed by atoms with van der Waals surface area (Å²) in [6.45, 7) is 2.53.